The maximum Gasteiger partial charge on any atom is 0.0651 e. The summed E-state index contributed by atoms with van der Waals surface area (Å²) in [7, 11) is 0. The highest BCUT2D eigenvalue weighted by Crippen LogP contribution is 2.27. The molecular weight excluding hydrogens is 290 g/mol. The summed E-state index contributed by atoms with van der Waals surface area (Å²) >= 11 is 3.54. The molecule has 0 aliphatic heterocycles. The standard InChI is InChI=1S/C14H16BrN3/c1-10-4-5-12(15)13(7-10)18-14(8-16)11-3-2-6-17-9-11/h2-7,9,14,18H,8,16H2,1H3. The van der Waals surface area contributed by atoms with Crippen LogP contribution in [-0.2, 0) is 0 Å². The van der Waals surface area contributed by atoms with Crippen molar-refractivity contribution in [3.8, 4) is 0 Å². The number of aryl methyl sites for hydroxylation is 1. The number of anilines is 1. The highest BCUT2D eigenvalue weighted by atomic mass is 79.9. The number of rotatable bonds is 4. The number of nitrogens with zero attached hydrogens (tertiary/aromatic N) is 1. The molecule has 1 unspecified atom stereocenters. The predicted octanol–water partition coefficient (Wildman–Crippen LogP) is 3.26. The van der Waals surface area contributed by atoms with Crippen molar-refractivity contribution in [1.29, 1.82) is 0 Å². The van der Waals surface area contributed by atoms with E-state index in [-0.39, 0.29) is 6.04 Å². The molecule has 0 amide bonds. The molecule has 1 aromatic carbocycles. The van der Waals surface area contributed by atoms with Gasteiger partial charge in [0.05, 0.1) is 6.04 Å². The second kappa shape index (κ2) is 5.98. The summed E-state index contributed by atoms with van der Waals surface area (Å²) in [6.45, 7) is 2.59. The third-order valence-electron chi connectivity index (χ3n) is 2.77. The van der Waals surface area contributed by atoms with Crippen LogP contribution in [0.2, 0.25) is 0 Å². The van der Waals surface area contributed by atoms with E-state index in [1.807, 2.05) is 24.4 Å². The molecule has 3 nitrogen and oxygen atoms in total. The van der Waals surface area contributed by atoms with Gasteiger partial charge in [-0.2, -0.15) is 0 Å². The van der Waals surface area contributed by atoms with Crippen LogP contribution >= 0.6 is 15.9 Å². The van der Waals surface area contributed by atoms with E-state index < -0.39 is 0 Å². The molecular formula is C14H16BrN3. The van der Waals surface area contributed by atoms with Crippen LogP contribution < -0.4 is 11.1 Å². The molecule has 3 N–H and O–H groups in total. The average molecular weight is 306 g/mol. The second-order valence-electron chi connectivity index (χ2n) is 4.20. The molecule has 94 valence electrons. The summed E-state index contributed by atoms with van der Waals surface area (Å²) < 4.78 is 1.04. The minimum absolute atomic E-state index is 0.0665. The maximum atomic E-state index is 5.84. The van der Waals surface area contributed by atoms with Crippen molar-refractivity contribution >= 4 is 21.6 Å². The van der Waals surface area contributed by atoms with Crippen molar-refractivity contribution in [2.75, 3.05) is 11.9 Å². The first-order valence-electron chi connectivity index (χ1n) is 5.83. The number of hydrogen-bond donors (Lipinski definition) is 2. The van der Waals surface area contributed by atoms with Gasteiger partial charge in [-0.15, -0.1) is 0 Å². The number of pyridine rings is 1. The Morgan fingerprint density at radius 2 is 2.22 bits per heavy atom. The van der Waals surface area contributed by atoms with Crippen molar-refractivity contribution in [1.82, 2.24) is 4.98 Å². The first kappa shape index (κ1) is 13.1. The summed E-state index contributed by atoms with van der Waals surface area (Å²) in [5, 5.41) is 3.44. The Labute approximate surface area is 116 Å². The van der Waals surface area contributed by atoms with Crippen LogP contribution in [0.3, 0.4) is 0 Å². The molecule has 2 rings (SSSR count). The van der Waals surface area contributed by atoms with Crippen LogP contribution in [-0.4, -0.2) is 11.5 Å². The Bertz CT molecular complexity index is 514. The number of benzene rings is 1. The number of nitrogens with two attached hydrogens (primary N) is 1. The molecule has 0 aliphatic carbocycles. The second-order valence-corrected chi connectivity index (χ2v) is 5.06. The van der Waals surface area contributed by atoms with Crippen LogP contribution in [0, 0.1) is 6.92 Å². The lowest BCUT2D eigenvalue weighted by atomic mass is 10.1. The van der Waals surface area contributed by atoms with E-state index >= 15 is 0 Å². The van der Waals surface area contributed by atoms with Gasteiger partial charge in [-0.05, 0) is 52.2 Å². The lowest BCUT2D eigenvalue weighted by Gasteiger charge is -2.19. The van der Waals surface area contributed by atoms with Gasteiger partial charge < -0.3 is 11.1 Å². The molecule has 0 spiro atoms. The molecule has 1 heterocycles. The van der Waals surface area contributed by atoms with Crippen LogP contribution in [0.25, 0.3) is 0 Å². The third kappa shape index (κ3) is 3.09. The fourth-order valence-corrected chi connectivity index (χ4v) is 2.16. The van der Waals surface area contributed by atoms with Gasteiger partial charge in [-0.3, -0.25) is 4.98 Å². The zero-order chi connectivity index (χ0) is 13.0. The Morgan fingerprint density at radius 1 is 1.39 bits per heavy atom. The van der Waals surface area contributed by atoms with Crippen LogP contribution in [0.5, 0.6) is 0 Å². The average Bonchev–Trinajstić information content (AvgIpc) is 2.41. The minimum Gasteiger partial charge on any atom is -0.376 e. The van der Waals surface area contributed by atoms with E-state index in [9.17, 15) is 0 Å². The fourth-order valence-electron chi connectivity index (χ4n) is 1.80. The van der Waals surface area contributed by atoms with Gasteiger partial charge in [-0.1, -0.05) is 12.1 Å². The largest absolute Gasteiger partial charge is 0.376 e. The van der Waals surface area contributed by atoms with Crippen molar-refractivity contribution in [2.45, 2.75) is 13.0 Å². The first-order valence-corrected chi connectivity index (χ1v) is 6.62. The summed E-state index contributed by atoms with van der Waals surface area (Å²) in [6, 6.07) is 10.2. The molecule has 0 fully saturated rings. The SMILES string of the molecule is Cc1ccc(Br)c(NC(CN)c2cccnc2)c1. The van der Waals surface area contributed by atoms with Gasteiger partial charge in [0.2, 0.25) is 0 Å². The van der Waals surface area contributed by atoms with Crippen molar-refractivity contribution in [2.24, 2.45) is 5.73 Å². The number of hydrogen-bond acceptors (Lipinski definition) is 3. The Morgan fingerprint density at radius 3 is 2.89 bits per heavy atom. The highest BCUT2D eigenvalue weighted by molar-refractivity contribution is 9.10. The zero-order valence-electron chi connectivity index (χ0n) is 10.2. The van der Waals surface area contributed by atoms with Crippen molar-refractivity contribution in [3.63, 3.8) is 0 Å². The molecule has 0 saturated heterocycles. The van der Waals surface area contributed by atoms with Crippen molar-refractivity contribution < 1.29 is 0 Å². The first-order chi connectivity index (χ1) is 8.70. The molecule has 1 aromatic heterocycles. The van der Waals surface area contributed by atoms with Gasteiger partial charge in [0.15, 0.2) is 0 Å². The Kier molecular flexibility index (Phi) is 4.33. The maximum absolute atomic E-state index is 5.84. The third-order valence-corrected chi connectivity index (χ3v) is 3.47. The molecule has 0 radical (unpaired) electrons. The molecule has 1 atom stereocenters. The van der Waals surface area contributed by atoms with E-state index in [2.05, 4.69) is 45.3 Å². The minimum atomic E-state index is 0.0665. The van der Waals surface area contributed by atoms with E-state index in [1.165, 1.54) is 5.56 Å². The topological polar surface area (TPSA) is 50.9 Å². The van der Waals surface area contributed by atoms with E-state index in [1.54, 1.807) is 6.20 Å². The number of nitrogens with one attached hydrogen (secondary N) is 1. The molecule has 2 aromatic rings. The predicted molar refractivity (Wildman–Crippen MR) is 78.5 cm³/mol. The summed E-state index contributed by atoms with van der Waals surface area (Å²) in [4.78, 5) is 4.13. The summed E-state index contributed by atoms with van der Waals surface area (Å²) in [5.74, 6) is 0. The Hall–Kier alpha value is -1.39. The molecule has 0 bridgehead atoms. The van der Waals surface area contributed by atoms with E-state index in [0.717, 1.165) is 15.7 Å². The van der Waals surface area contributed by atoms with Crippen molar-refractivity contribution in [3.05, 3.63) is 58.3 Å². The molecule has 0 aliphatic rings. The lowest BCUT2D eigenvalue weighted by Crippen LogP contribution is -2.20. The van der Waals surface area contributed by atoms with Gasteiger partial charge >= 0.3 is 0 Å². The monoisotopic (exact) mass is 305 g/mol. The molecule has 0 saturated carbocycles. The summed E-state index contributed by atoms with van der Waals surface area (Å²) in [6.07, 6.45) is 3.61. The van der Waals surface area contributed by atoms with Gasteiger partial charge in [-0.25, -0.2) is 0 Å². The quantitative estimate of drug-likeness (QED) is 0.911. The smallest absolute Gasteiger partial charge is 0.0651 e. The van der Waals surface area contributed by atoms with Crippen LogP contribution in [0.15, 0.2) is 47.2 Å². The lowest BCUT2D eigenvalue weighted by molar-refractivity contribution is 0.784. The highest BCUT2D eigenvalue weighted by Gasteiger charge is 2.11. The zero-order valence-corrected chi connectivity index (χ0v) is 11.8. The summed E-state index contributed by atoms with van der Waals surface area (Å²) in [5.41, 5.74) is 9.19. The van der Waals surface area contributed by atoms with E-state index in [0.29, 0.717) is 6.54 Å². The van der Waals surface area contributed by atoms with Gasteiger partial charge in [0.1, 0.15) is 0 Å². The van der Waals surface area contributed by atoms with E-state index in [4.69, 9.17) is 5.73 Å². The number of halogens is 1. The van der Waals surface area contributed by atoms with Crippen LogP contribution in [0.4, 0.5) is 5.69 Å². The van der Waals surface area contributed by atoms with Gasteiger partial charge in [0, 0.05) is 29.1 Å². The van der Waals surface area contributed by atoms with Gasteiger partial charge in [0.25, 0.3) is 0 Å². The fraction of sp³-hybridized carbons (Fsp3) is 0.214. The number of aromatic nitrogens is 1. The molecule has 18 heavy (non-hydrogen) atoms. The molecule has 4 heteroatoms. The Balaban J connectivity index is 2.23. The normalized spacial score (nSPS) is 12.2. The van der Waals surface area contributed by atoms with Crippen LogP contribution in [0.1, 0.15) is 17.2 Å².